The molecule has 0 unspecified atom stereocenters. The molecule has 0 aliphatic carbocycles. The highest BCUT2D eigenvalue weighted by Crippen LogP contribution is 2.16. The Morgan fingerprint density at radius 3 is 2.11 bits per heavy atom. The number of nitrogen functional groups attached to an aromatic ring is 1. The van der Waals surface area contributed by atoms with Crippen LogP contribution in [0.25, 0.3) is 0 Å². The van der Waals surface area contributed by atoms with Crippen molar-refractivity contribution in [1.82, 2.24) is 4.90 Å². The Morgan fingerprint density at radius 1 is 1.11 bits per heavy atom. The summed E-state index contributed by atoms with van der Waals surface area (Å²) in [6.07, 6.45) is 0. The quantitative estimate of drug-likeness (QED) is 0.587. The zero-order valence-electron chi connectivity index (χ0n) is 10.6. The van der Waals surface area contributed by atoms with Crippen LogP contribution in [-0.2, 0) is 9.59 Å². The van der Waals surface area contributed by atoms with Crippen LogP contribution in [0.1, 0.15) is 15.9 Å². The number of aryl methyl sites for hydroxylation is 1. The van der Waals surface area contributed by atoms with Gasteiger partial charge in [0.2, 0.25) is 11.8 Å². The summed E-state index contributed by atoms with van der Waals surface area (Å²) in [4.78, 5) is 35.0. The third-order valence-corrected chi connectivity index (χ3v) is 2.42. The zero-order valence-corrected chi connectivity index (χ0v) is 10.6. The lowest BCUT2D eigenvalue weighted by molar-refractivity contribution is -0.121. The molecule has 6 N–H and O–H groups in total. The van der Waals surface area contributed by atoms with Crippen molar-refractivity contribution < 1.29 is 14.4 Å². The minimum absolute atomic E-state index is 0.211. The van der Waals surface area contributed by atoms with Crippen LogP contribution >= 0.6 is 0 Å². The zero-order chi connectivity index (χ0) is 14.6. The number of rotatable bonds is 5. The second kappa shape index (κ2) is 5.85. The molecule has 0 aliphatic heterocycles. The predicted molar refractivity (Wildman–Crippen MR) is 69.9 cm³/mol. The third-order valence-electron chi connectivity index (χ3n) is 2.42. The van der Waals surface area contributed by atoms with E-state index in [0.29, 0.717) is 0 Å². The molecule has 0 aliphatic rings. The number of primary amides is 2. The minimum Gasteiger partial charge on any atom is -0.398 e. The lowest BCUT2D eigenvalue weighted by atomic mass is 10.1. The highest BCUT2D eigenvalue weighted by Gasteiger charge is 2.21. The summed E-state index contributed by atoms with van der Waals surface area (Å²) in [5.41, 5.74) is 17.1. The van der Waals surface area contributed by atoms with Gasteiger partial charge in [-0.15, -0.1) is 0 Å². The Morgan fingerprint density at radius 2 is 1.63 bits per heavy atom. The Balaban J connectivity index is 3.07. The van der Waals surface area contributed by atoms with Gasteiger partial charge in [0, 0.05) is 5.69 Å². The number of hydrogen-bond donors (Lipinski definition) is 3. The molecular formula is C12H16N4O3. The van der Waals surface area contributed by atoms with Gasteiger partial charge in [-0.05, 0) is 19.1 Å². The van der Waals surface area contributed by atoms with Crippen LogP contribution in [0, 0.1) is 6.92 Å². The molecule has 1 aromatic rings. The van der Waals surface area contributed by atoms with Gasteiger partial charge in [-0.25, -0.2) is 0 Å². The van der Waals surface area contributed by atoms with Crippen LogP contribution in [0.5, 0.6) is 0 Å². The first-order chi connectivity index (χ1) is 8.81. The molecule has 1 rings (SSSR count). The Kier molecular flexibility index (Phi) is 4.46. The van der Waals surface area contributed by atoms with Crippen molar-refractivity contribution in [3.05, 3.63) is 29.3 Å². The van der Waals surface area contributed by atoms with Crippen LogP contribution in [0.3, 0.4) is 0 Å². The molecule has 102 valence electrons. The summed E-state index contributed by atoms with van der Waals surface area (Å²) in [7, 11) is 0. The maximum Gasteiger partial charge on any atom is 0.256 e. The van der Waals surface area contributed by atoms with Crippen LogP contribution < -0.4 is 17.2 Å². The van der Waals surface area contributed by atoms with Gasteiger partial charge in [-0.1, -0.05) is 11.6 Å². The minimum atomic E-state index is -0.735. The fraction of sp³-hybridized carbons (Fsp3) is 0.250. The molecule has 7 heteroatoms. The molecule has 0 fully saturated rings. The van der Waals surface area contributed by atoms with Gasteiger partial charge in [0.1, 0.15) is 13.1 Å². The summed E-state index contributed by atoms with van der Waals surface area (Å²) in [6.45, 7) is 1.01. The lowest BCUT2D eigenvalue weighted by Crippen LogP contribution is -2.43. The highest BCUT2D eigenvalue weighted by molar-refractivity contribution is 6.02. The van der Waals surface area contributed by atoms with Gasteiger partial charge < -0.3 is 22.1 Å². The standard InChI is InChI=1S/C12H16N4O3/c1-7-2-3-9(13)8(4-7)12(19)16(5-10(14)17)6-11(15)18/h2-4H,5-6,13H2,1H3,(H2,14,17)(H2,15,18). The van der Waals surface area contributed by atoms with Crippen molar-refractivity contribution in [1.29, 1.82) is 0 Å². The van der Waals surface area contributed by atoms with Crippen LogP contribution in [-0.4, -0.2) is 35.7 Å². The monoisotopic (exact) mass is 264 g/mol. The SMILES string of the molecule is Cc1ccc(N)c(C(=O)N(CC(N)=O)CC(N)=O)c1. The lowest BCUT2D eigenvalue weighted by Gasteiger charge is -2.20. The van der Waals surface area contributed by atoms with E-state index in [1.807, 2.05) is 0 Å². The fourth-order valence-corrected chi connectivity index (χ4v) is 1.60. The second-order valence-corrected chi connectivity index (χ2v) is 4.18. The Labute approximate surface area is 110 Å². The smallest absolute Gasteiger partial charge is 0.256 e. The normalized spacial score (nSPS) is 9.95. The molecule has 0 aromatic heterocycles. The summed E-state index contributed by atoms with van der Waals surface area (Å²) < 4.78 is 0. The van der Waals surface area contributed by atoms with E-state index < -0.39 is 30.8 Å². The van der Waals surface area contributed by atoms with Crippen LogP contribution in [0.4, 0.5) is 5.69 Å². The maximum atomic E-state index is 12.2. The van der Waals surface area contributed by atoms with E-state index in [1.165, 1.54) is 0 Å². The summed E-state index contributed by atoms with van der Waals surface area (Å²) in [5, 5.41) is 0. The van der Waals surface area contributed by atoms with Gasteiger partial charge in [-0.2, -0.15) is 0 Å². The first-order valence-corrected chi connectivity index (χ1v) is 5.53. The van der Waals surface area contributed by atoms with E-state index in [4.69, 9.17) is 17.2 Å². The van der Waals surface area contributed by atoms with Crippen LogP contribution in [0.15, 0.2) is 18.2 Å². The molecule has 0 heterocycles. The van der Waals surface area contributed by atoms with Gasteiger partial charge in [0.15, 0.2) is 0 Å². The van der Waals surface area contributed by atoms with Crippen molar-refractivity contribution in [3.8, 4) is 0 Å². The number of anilines is 1. The molecule has 1 aromatic carbocycles. The average Bonchev–Trinajstić information content (AvgIpc) is 2.29. The van der Waals surface area contributed by atoms with E-state index >= 15 is 0 Å². The van der Waals surface area contributed by atoms with Crippen molar-refractivity contribution in [3.63, 3.8) is 0 Å². The van der Waals surface area contributed by atoms with Crippen molar-refractivity contribution in [2.24, 2.45) is 11.5 Å². The predicted octanol–water partition coefficient (Wildman–Crippen LogP) is -1.01. The van der Waals surface area contributed by atoms with Gasteiger partial charge in [0.25, 0.3) is 5.91 Å². The fourth-order valence-electron chi connectivity index (χ4n) is 1.60. The molecule has 3 amide bonds. The number of benzene rings is 1. The van der Waals surface area contributed by atoms with E-state index in [0.717, 1.165) is 10.5 Å². The number of carbonyl (C=O) groups excluding carboxylic acids is 3. The molecule has 0 spiro atoms. The molecule has 0 bridgehead atoms. The number of nitrogens with two attached hydrogens (primary N) is 3. The second-order valence-electron chi connectivity index (χ2n) is 4.18. The van der Waals surface area contributed by atoms with Gasteiger partial charge in [-0.3, -0.25) is 14.4 Å². The molecule has 7 nitrogen and oxygen atoms in total. The average molecular weight is 264 g/mol. The first kappa shape index (κ1) is 14.5. The highest BCUT2D eigenvalue weighted by atomic mass is 16.2. The Hall–Kier alpha value is -2.57. The number of hydrogen-bond acceptors (Lipinski definition) is 4. The number of carbonyl (C=O) groups is 3. The van der Waals surface area contributed by atoms with Gasteiger partial charge >= 0.3 is 0 Å². The van der Waals surface area contributed by atoms with E-state index in [1.54, 1.807) is 25.1 Å². The Bertz CT molecular complexity index is 512. The summed E-state index contributed by atoms with van der Waals surface area (Å²) >= 11 is 0. The van der Waals surface area contributed by atoms with Crippen molar-refractivity contribution >= 4 is 23.4 Å². The molecule has 0 saturated heterocycles. The largest absolute Gasteiger partial charge is 0.398 e. The van der Waals surface area contributed by atoms with Crippen LogP contribution in [0.2, 0.25) is 0 Å². The number of nitrogens with zero attached hydrogens (tertiary/aromatic N) is 1. The molecule has 0 radical (unpaired) electrons. The third kappa shape index (κ3) is 3.98. The molecule has 0 atom stereocenters. The first-order valence-electron chi connectivity index (χ1n) is 5.53. The molecule has 0 saturated carbocycles. The van der Waals surface area contributed by atoms with Crippen molar-refractivity contribution in [2.75, 3.05) is 18.8 Å². The molecular weight excluding hydrogens is 248 g/mol. The van der Waals surface area contributed by atoms with E-state index in [9.17, 15) is 14.4 Å². The summed E-state index contributed by atoms with van der Waals surface area (Å²) in [6, 6.07) is 4.90. The summed E-state index contributed by atoms with van der Waals surface area (Å²) in [5.74, 6) is -2.03. The maximum absolute atomic E-state index is 12.2. The number of amides is 3. The van der Waals surface area contributed by atoms with E-state index in [-0.39, 0.29) is 11.3 Å². The molecule has 19 heavy (non-hydrogen) atoms. The van der Waals surface area contributed by atoms with Gasteiger partial charge in [0.05, 0.1) is 5.56 Å². The topological polar surface area (TPSA) is 133 Å². The van der Waals surface area contributed by atoms with Crippen molar-refractivity contribution in [2.45, 2.75) is 6.92 Å². The van der Waals surface area contributed by atoms with E-state index in [2.05, 4.69) is 0 Å².